The van der Waals surface area contributed by atoms with Gasteiger partial charge in [0.1, 0.15) is 0 Å². The number of rotatable bonds is 7. The maximum Gasteiger partial charge on any atom is 0.277 e. The maximum atomic E-state index is 13.4. The molecule has 0 aliphatic heterocycles. The summed E-state index contributed by atoms with van der Waals surface area (Å²) in [5.41, 5.74) is -0.102. The van der Waals surface area contributed by atoms with Crippen molar-refractivity contribution in [3.05, 3.63) is 78.9 Å². The second-order valence-electron chi connectivity index (χ2n) is 5.87. The Balaban J connectivity index is 2.29. The predicted molar refractivity (Wildman–Crippen MR) is 109 cm³/mol. The summed E-state index contributed by atoms with van der Waals surface area (Å²) in [6.07, 6.45) is 0. The molecule has 152 valence electrons. The van der Waals surface area contributed by atoms with Gasteiger partial charge in [0, 0.05) is 6.07 Å². The quantitative estimate of drug-likeness (QED) is 0.568. The molecular formula is C20H19NO6S2. The smallest absolute Gasteiger partial charge is 0.277 e. The van der Waals surface area contributed by atoms with Crippen LogP contribution in [0.3, 0.4) is 0 Å². The van der Waals surface area contributed by atoms with Crippen molar-refractivity contribution in [3.63, 3.8) is 0 Å². The molecule has 9 heteroatoms. The van der Waals surface area contributed by atoms with E-state index in [1.165, 1.54) is 80.9 Å². The summed E-state index contributed by atoms with van der Waals surface area (Å²) in [5, 5.41) is 0. The van der Waals surface area contributed by atoms with Crippen LogP contribution in [-0.2, 0) is 20.0 Å². The van der Waals surface area contributed by atoms with Crippen molar-refractivity contribution >= 4 is 25.7 Å². The zero-order valence-electron chi connectivity index (χ0n) is 15.7. The summed E-state index contributed by atoms with van der Waals surface area (Å²) in [6, 6.07) is 18.8. The molecule has 0 heterocycles. The lowest BCUT2D eigenvalue weighted by Crippen LogP contribution is -2.37. The minimum Gasteiger partial charge on any atom is -0.493 e. The van der Waals surface area contributed by atoms with Crippen LogP contribution in [0, 0.1) is 0 Å². The lowest BCUT2D eigenvalue weighted by Gasteiger charge is -2.25. The van der Waals surface area contributed by atoms with E-state index in [0.717, 1.165) is 0 Å². The van der Waals surface area contributed by atoms with Crippen molar-refractivity contribution in [1.82, 2.24) is 0 Å². The molecule has 0 N–H and O–H groups in total. The van der Waals surface area contributed by atoms with Gasteiger partial charge in [-0.05, 0) is 36.4 Å². The van der Waals surface area contributed by atoms with Crippen LogP contribution in [0.5, 0.6) is 11.5 Å². The monoisotopic (exact) mass is 433 g/mol. The molecule has 0 aliphatic rings. The summed E-state index contributed by atoms with van der Waals surface area (Å²) in [6.45, 7) is 0. The van der Waals surface area contributed by atoms with E-state index in [4.69, 9.17) is 9.47 Å². The first-order valence-electron chi connectivity index (χ1n) is 8.45. The highest BCUT2D eigenvalue weighted by molar-refractivity contribution is 8.10. The van der Waals surface area contributed by atoms with Crippen LogP contribution in [0.4, 0.5) is 5.69 Å². The summed E-state index contributed by atoms with van der Waals surface area (Å²) < 4.78 is 64.3. The maximum absolute atomic E-state index is 13.4. The Bertz CT molecular complexity index is 1120. The van der Waals surface area contributed by atoms with E-state index < -0.39 is 20.0 Å². The normalized spacial score (nSPS) is 11.7. The Morgan fingerprint density at radius 3 is 1.48 bits per heavy atom. The Hall–Kier alpha value is -3.04. The van der Waals surface area contributed by atoms with E-state index in [0.29, 0.717) is 9.46 Å². The molecule has 0 unspecified atom stereocenters. The lowest BCUT2D eigenvalue weighted by molar-refractivity contribution is 0.355. The molecule has 0 atom stereocenters. The van der Waals surface area contributed by atoms with E-state index in [1.54, 1.807) is 12.1 Å². The topological polar surface area (TPSA) is 90.0 Å². The van der Waals surface area contributed by atoms with Gasteiger partial charge in [-0.1, -0.05) is 36.4 Å². The first kappa shape index (κ1) is 20.7. The van der Waals surface area contributed by atoms with Crippen molar-refractivity contribution < 1.29 is 26.3 Å². The fourth-order valence-electron chi connectivity index (χ4n) is 2.72. The fourth-order valence-corrected chi connectivity index (χ4v) is 6.44. The Kier molecular flexibility index (Phi) is 5.81. The van der Waals surface area contributed by atoms with Gasteiger partial charge < -0.3 is 9.47 Å². The standard InChI is InChI=1S/C20H19NO6S2/c1-26-19-14-13-16(15-20(19)27-2)21(28(22,23)17-9-5-3-6-10-17)29(24,25)18-11-7-4-8-12-18/h3-15H,1-2H3. The number of nitrogens with zero attached hydrogens (tertiary/aromatic N) is 1. The highest BCUT2D eigenvalue weighted by atomic mass is 32.3. The lowest BCUT2D eigenvalue weighted by atomic mass is 10.3. The average Bonchev–Trinajstić information content (AvgIpc) is 2.74. The molecule has 0 aliphatic carbocycles. The number of hydrogen-bond donors (Lipinski definition) is 0. The number of anilines is 1. The number of hydrogen-bond acceptors (Lipinski definition) is 6. The minimum atomic E-state index is -4.46. The molecule has 0 spiro atoms. The SMILES string of the molecule is COc1ccc(N(S(=O)(=O)c2ccccc2)S(=O)(=O)c2ccccc2)cc1OC. The number of sulfonamides is 2. The van der Waals surface area contributed by atoms with Crippen LogP contribution in [-0.4, -0.2) is 31.1 Å². The Morgan fingerprint density at radius 2 is 1.07 bits per heavy atom. The second kappa shape index (κ2) is 8.14. The molecule has 0 amide bonds. The molecule has 0 radical (unpaired) electrons. The van der Waals surface area contributed by atoms with Gasteiger partial charge in [0.2, 0.25) is 0 Å². The molecule has 3 rings (SSSR count). The van der Waals surface area contributed by atoms with E-state index in [1.807, 2.05) is 0 Å². The molecule has 0 fully saturated rings. The summed E-state index contributed by atoms with van der Waals surface area (Å²) in [7, 11) is -6.11. The third kappa shape index (κ3) is 3.92. The van der Waals surface area contributed by atoms with E-state index >= 15 is 0 Å². The van der Waals surface area contributed by atoms with Gasteiger partial charge in [0.25, 0.3) is 20.0 Å². The Morgan fingerprint density at radius 1 is 0.621 bits per heavy atom. The average molecular weight is 434 g/mol. The van der Waals surface area contributed by atoms with Crippen molar-refractivity contribution in [2.24, 2.45) is 0 Å². The summed E-state index contributed by atoms with van der Waals surface area (Å²) >= 11 is 0. The van der Waals surface area contributed by atoms with E-state index in [2.05, 4.69) is 0 Å². The minimum absolute atomic E-state index is 0.102. The zero-order valence-corrected chi connectivity index (χ0v) is 17.4. The number of methoxy groups -OCH3 is 2. The number of benzene rings is 3. The van der Waals surface area contributed by atoms with Crippen LogP contribution >= 0.6 is 0 Å². The van der Waals surface area contributed by atoms with Crippen LogP contribution in [0.15, 0.2) is 88.7 Å². The molecule has 0 saturated heterocycles. The molecule has 0 bridgehead atoms. The fraction of sp³-hybridized carbons (Fsp3) is 0.100. The van der Waals surface area contributed by atoms with Crippen molar-refractivity contribution in [1.29, 1.82) is 0 Å². The van der Waals surface area contributed by atoms with Crippen molar-refractivity contribution in [3.8, 4) is 11.5 Å². The van der Waals surface area contributed by atoms with Gasteiger partial charge >= 0.3 is 0 Å². The van der Waals surface area contributed by atoms with E-state index in [9.17, 15) is 16.8 Å². The van der Waals surface area contributed by atoms with Crippen LogP contribution in [0.25, 0.3) is 0 Å². The summed E-state index contributed by atoms with van der Waals surface area (Å²) in [4.78, 5) is -0.316. The molecule has 29 heavy (non-hydrogen) atoms. The molecular weight excluding hydrogens is 414 g/mol. The number of ether oxygens (including phenoxy) is 2. The highest BCUT2D eigenvalue weighted by Crippen LogP contribution is 2.36. The van der Waals surface area contributed by atoms with Gasteiger partial charge in [0.15, 0.2) is 11.5 Å². The van der Waals surface area contributed by atoms with Gasteiger partial charge in [0.05, 0.1) is 29.7 Å². The Labute approximate surface area is 170 Å². The zero-order chi connectivity index (χ0) is 21.1. The van der Waals surface area contributed by atoms with Gasteiger partial charge in [-0.15, -0.1) is 0 Å². The van der Waals surface area contributed by atoms with Crippen molar-refractivity contribution in [2.75, 3.05) is 17.9 Å². The second-order valence-corrected chi connectivity index (χ2v) is 9.68. The molecule has 3 aromatic carbocycles. The van der Waals surface area contributed by atoms with Gasteiger partial charge in [-0.3, -0.25) is 0 Å². The summed E-state index contributed by atoms with van der Waals surface area (Å²) in [5.74, 6) is 0.534. The van der Waals surface area contributed by atoms with Gasteiger partial charge in [-0.25, -0.2) is 16.8 Å². The molecule has 3 aromatic rings. The van der Waals surface area contributed by atoms with Crippen LogP contribution in [0.1, 0.15) is 0 Å². The molecule has 7 nitrogen and oxygen atoms in total. The van der Waals surface area contributed by atoms with E-state index in [-0.39, 0.29) is 21.2 Å². The third-order valence-corrected chi connectivity index (χ3v) is 8.30. The predicted octanol–water partition coefficient (Wildman–Crippen LogP) is 3.29. The highest BCUT2D eigenvalue weighted by Gasteiger charge is 2.37. The molecule has 0 saturated carbocycles. The largest absolute Gasteiger partial charge is 0.493 e. The van der Waals surface area contributed by atoms with Crippen molar-refractivity contribution in [2.45, 2.75) is 9.79 Å². The first-order chi connectivity index (χ1) is 13.8. The first-order valence-corrected chi connectivity index (χ1v) is 11.3. The molecule has 0 aromatic heterocycles. The van der Waals surface area contributed by atoms with Gasteiger partial charge in [-0.2, -0.15) is 3.71 Å². The van der Waals surface area contributed by atoms with Crippen LogP contribution < -0.4 is 13.2 Å². The van der Waals surface area contributed by atoms with Crippen LogP contribution in [0.2, 0.25) is 0 Å². The third-order valence-electron chi connectivity index (χ3n) is 4.10.